The molecule has 23 heavy (non-hydrogen) atoms. The van der Waals surface area contributed by atoms with Crippen LogP contribution in [0, 0.1) is 13.8 Å². The summed E-state index contributed by atoms with van der Waals surface area (Å²) in [6, 6.07) is 6.42. The van der Waals surface area contributed by atoms with Crippen molar-refractivity contribution in [1.29, 1.82) is 0 Å². The van der Waals surface area contributed by atoms with Crippen molar-refractivity contribution in [3.8, 4) is 0 Å². The van der Waals surface area contributed by atoms with Crippen molar-refractivity contribution in [3.63, 3.8) is 0 Å². The van der Waals surface area contributed by atoms with E-state index in [0.29, 0.717) is 30.4 Å². The van der Waals surface area contributed by atoms with Crippen molar-refractivity contribution in [2.75, 3.05) is 13.1 Å². The maximum atomic E-state index is 11.8. The van der Waals surface area contributed by atoms with Gasteiger partial charge in [-0.2, -0.15) is 4.98 Å². The Morgan fingerprint density at radius 1 is 1.39 bits per heavy atom. The minimum atomic E-state index is 0.0365. The van der Waals surface area contributed by atoms with E-state index in [0.717, 1.165) is 6.54 Å². The van der Waals surface area contributed by atoms with E-state index in [4.69, 9.17) is 4.52 Å². The molecule has 1 aliphatic rings. The summed E-state index contributed by atoms with van der Waals surface area (Å²) in [6.07, 6.45) is 0.472. The normalized spacial score (nSPS) is 18.0. The first kappa shape index (κ1) is 16.1. The number of hydrogen-bond donors (Lipinski definition) is 0. The second-order valence-electron chi connectivity index (χ2n) is 5.94. The van der Waals surface area contributed by atoms with Crippen LogP contribution in [0.4, 0.5) is 0 Å². The molecule has 5 nitrogen and oxygen atoms in total. The van der Waals surface area contributed by atoms with Gasteiger partial charge in [0.15, 0.2) is 5.82 Å². The zero-order valence-corrected chi connectivity index (χ0v) is 14.5. The van der Waals surface area contributed by atoms with Crippen molar-refractivity contribution in [1.82, 2.24) is 15.0 Å². The van der Waals surface area contributed by atoms with Crippen molar-refractivity contribution in [2.24, 2.45) is 0 Å². The molecule has 1 aromatic heterocycles. The molecular formula is C17H21N3O2S. The molecule has 0 aliphatic carbocycles. The molecule has 3 rings (SSSR count). The van der Waals surface area contributed by atoms with Crippen LogP contribution in [-0.2, 0) is 10.5 Å². The largest absolute Gasteiger partial charge is 0.342 e. The van der Waals surface area contributed by atoms with E-state index in [2.05, 4.69) is 42.2 Å². The van der Waals surface area contributed by atoms with Gasteiger partial charge in [-0.1, -0.05) is 22.9 Å². The molecule has 0 radical (unpaired) electrons. The van der Waals surface area contributed by atoms with Gasteiger partial charge in [0.1, 0.15) is 0 Å². The molecule has 0 saturated carbocycles. The van der Waals surface area contributed by atoms with Crippen LogP contribution < -0.4 is 0 Å². The summed E-state index contributed by atoms with van der Waals surface area (Å²) in [6.45, 7) is 7.60. The highest BCUT2D eigenvalue weighted by molar-refractivity contribution is 7.98. The number of amides is 1. The van der Waals surface area contributed by atoms with Gasteiger partial charge >= 0.3 is 0 Å². The zero-order valence-electron chi connectivity index (χ0n) is 13.7. The number of carbonyl (C=O) groups is 1. The third kappa shape index (κ3) is 3.58. The monoisotopic (exact) mass is 331 g/mol. The van der Waals surface area contributed by atoms with E-state index in [1.807, 2.05) is 11.8 Å². The lowest BCUT2D eigenvalue weighted by molar-refractivity contribution is -0.127. The van der Waals surface area contributed by atoms with Crippen LogP contribution in [0.15, 0.2) is 27.6 Å². The summed E-state index contributed by atoms with van der Waals surface area (Å²) in [5.74, 6) is 2.15. The van der Waals surface area contributed by atoms with Gasteiger partial charge in [-0.3, -0.25) is 4.79 Å². The average Bonchev–Trinajstić information content (AvgIpc) is 3.14. The smallest absolute Gasteiger partial charge is 0.232 e. The molecule has 1 aliphatic heterocycles. The highest BCUT2D eigenvalue weighted by atomic mass is 32.2. The number of carbonyl (C=O) groups excluding carboxylic acids is 1. The number of benzene rings is 1. The SMILES string of the molecule is CCN1C[C@H](c2nc(CSc3cc(C)ccc3C)no2)CC1=O. The van der Waals surface area contributed by atoms with Gasteiger partial charge in [-0.25, -0.2) is 0 Å². The molecule has 1 amide bonds. The van der Waals surface area contributed by atoms with E-state index in [9.17, 15) is 4.79 Å². The summed E-state index contributed by atoms with van der Waals surface area (Å²) in [4.78, 5) is 19.4. The second kappa shape index (κ2) is 6.74. The third-order valence-electron chi connectivity index (χ3n) is 4.13. The minimum absolute atomic E-state index is 0.0365. The minimum Gasteiger partial charge on any atom is -0.342 e. The lowest BCUT2D eigenvalue weighted by Gasteiger charge is -2.11. The van der Waals surface area contributed by atoms with Crippen LogP contribution in [0.3, 0.4) is 0 Å². The van der Waals surface area contributed by atoms with Crippen LogP contribution in [0.1, 0.15) is 42.1 Å². The maximum Gasteiger partial charge on any atom is 0.232 e. The molecule has 1 saturated heterocycles. The van der Waals surface area contributed by atoms with Crippen LogP contribution in [0.2, 0.25) is 0 Å². The fraction of sp³-hybridized carbons (Fsp3) is 0.471. The van der Waals surface area contributed by atoms with E-state index in [1.165, 1.54) is 16.0 Å². The Hall–Kier alpha value is -1.82. The molecule has 6 heteroatoms. The molecule has 0 spiro atoms. The average molecular weight is 331 g/mol. The Morgan fingerprint density at radius 3 is 2.96 bits per heavy atom. The Kier molecular flexibility index (Phi) is 4.71. The lowest BCUT2D eigenvalue weighted by atomic mass is 10.1. The summed E-state index contributed by atoms with van der Waals surface area (Å²) < 4.78 is 5.38. The summed E-state index contributed by atoms with van der Waals surface area (Å²) in [7, 11) is 0. The van der Waals surface area contributed by atoms with E-state index in [1.54, 1.807) is 11.8 Å². The molecule has 2 aromatic rings. The Balaban J connectivity index is 1.64. The van der Waals surface area contributed by atoms with Gasteiger partial charge in [0.05, 0.1) is 11.7 Å². The number of rotatable bonds is 5. The fourth-order valence-corrected chi connectivity index (χ4v) is 3.71. The van der Waals surface area contributed by atoms with Crippen LogP contribution in [0.25, 0.3) is 0 Å². The number of aromatic nitrogens is 2. The third-order valence-corrected chi connectivity index (χ3v) is 5.28. The number of likely N-dealkylation sites (N-methyl/N-ethyl adjacent to an activating group) is 1. The standard InChI is InChI=1S/C17H21N3O2S/c1-4-20-9-13(8-16(20)21)17-18-15(19-22-17)10-23-14-7-11(2)5-6-12(14)3/h5-7,13H,4,8-10H2,1-3H3/t13-/m1/s1. The van der Waals surface area contributed by atoms with Crippen molar-refractivity contribution in [3.05, 3.63) is 41.0 Å². The van der Waals surface area contributed by atoms with Gasteiger partial charge in [-0.15, -0.1) is 11.8 Å². The Morgan fingerprint density at radius 2 is 2.22 bits per heavy atom. The molecule has 1 atom stereocenters. The van der Waals surface area contributed by atoms with E-state index >= 15 is 0 Å². The van der Waals surface area contributed by atoms with Gasteiger partial charge in [0.2, 0.25) is 11.8 Å². The summed E-state index contributed by atoms with van der Waals surface area (Å²) >= 11 is 1.71. The molecule has 0 unspecified atom stereocenters. The number of hydrogen-bond acceptors (Lipinski definition) is 5. The van der Waals surface area contributed by atoms with Gasteiger partial charge in [0, 0.05) is 24.4 Å². The second-order valence-corrected chi connectivity index (χ2v) is 6.96. The number of thioether (sulfide) groups is 1. The van der Waals surface area contributed by atoms with Crippen molar-refractivity contribution >= 4 is 17.7 Å². The van der Waals surface area contributed by atoms with Crippen molar-refractivity contribution < 1.29 is 9.32 Å². The van der Waals surface area contributed by atoms with Crippen LogP contribution >= 0.6 is 11.8 Å². The number of aryl methyl sites for hydroxylation is 2. The maximum absolute atomic E-state index is 11.8. The molecular weight excluding hydrogens is 310 g/mol. The van der Waals surface area contributed by atoms with Gasteiger partial charge in [-0.05, 0) is 32.4 Å². The van der Waals surface area contributed by atoms with Crippen molar-refractivity contribution in [2.45, 2.75) is 43.8 Å². The van der Waals surface area contributed by atoms with Crippen LogP contribution in [-0.4, -0.2) is 34.0 Å². The summed E-state index contributed by atoms with van der Waals surface area (Å²) in [5, 5.41) is 4.07. The van der Waals surface area contributed by atoms with Crippen LogP contribution in [0.5, 0.6) is 0 Å². The first-order valence-electron chi connectivity index (χ1n) is 7.87. The van der Waals surface area contributed by atoms with E-state index in [-0.39, 0.29) is 11.8 Å². The first-order valence-corrected chi connectivity index (χ1v) is 8.85. The quantitative estimate of drug-likeness (QED) is 0.787. The first-order chi connectivity index (χ1) is 11.1. The van der Waals surface area contributed by atoms with Gasteiger partial charge < -0.3 is 9.42 Å². The molecule has 1 aromatic carbocycles. The topological polar surface area (TPSA) is 59.2 Å². The van der Waals surface area contributed by atoms with Gasteiger partial charge in [0.25, 0.3) is 0 Å². The Bertz CT molecular complexity index is 714. The predicted molar refractivity (Wildman–Crippen MR) is 89.4 cm³/mol. The van der Waals surface area contributed by atoms with E-state index < -0.39 is 0 Å². The molecule has 0 bridgehead atoms. The molecule has 2 heterocycles. The fourth-order valence-electron chi connectivity index (χ4n) is 2.74. The predicted octanol–water partition coefficient (Wildman–Crippen LogP) is 3.31. The molecule has 0 N–H and O–H groups in total. The number of nitrogens with zero attached hydrogens (tertiary/aromatic N) is 3. The highest BCUT2D eigenvalue weighted by Crippen LogP contribution is 2.29. The summed E-state index contributed by atoms with van der Waals surface area (Å²) in [5.41, 5.74) is 2.50. The Labute approximate surface area is 140 Å². The lowest BCUT2D eigenvalue weighted by Crippen LogP contribution is -2.24. The molecule has 122 valence electrons. The number of likely N-dealkylation sites (tertiary alicyclic amines) is 1. The zero-order chi connectivity index (χ0) is 16.4. The highest BCUT2D eigenvalue weighted by Gasteiger charge is 2.33. The molecule has 1 fully saturated rings.